The first-order chi connectivity index (χ1) is 8.16. The average Bonchev–Trinajstić information content (AvgIpc) is 2.25. The van der Waals surface area contributed by atoms with Crippen LogP contribution in [-0.2, 0) is 9.59 Å². The number of anilines is 1. The van der Waals surface area contributed by atoms with Gasteiger partial charge in [0.1, 0.15) is 0 Å². The molecule has 17 heavy (non-hydrogen) atoms. The quantitative estimate of drug-likeness (QED) is 0.802. The summed E-state index contributed by atoms with van der Waals surface area (Å²) in [4.78, 5) is 23.8. The molecule has 1 aromatic rings. The molecule has 0 aliphatic carbocycles. The van der Waals surface area contributed by atoms with E-state index in [1.165, 1.54) is 0 Å². The van der Waals surface area contributed by atoms with Crippen LogP contribution in [0.3, 0.4) is 0 Å². The van der Waals surface area contributed by atoms with Crippen LogP contribution in [0.15, 0.2) is 30.3 Å². The van der Waals surface area contributed by atoms with Crippen LogP contribution in [0, 0.1) is 5.92 Å². The van der Waals surface area contributed by atoms with Crippen LogP contribution in [0.4, 0.5) is 5.69 Å². The molecule has 2 N–H and O–H groups in total. The zero-order chi connectivity index (χ0) is 12.3. The summed E-state index contributed by atoms with van der Waals surface area (Å²) in [5.74, 6) is -1.29. The highest BCUT2D eigenvalue weighted by molar-refractivity contribution is 5.84. The fraction of sp³-hybridized carbons (Fsp3) is 0.333. The average molecular weight is 234 g/mol. The first-order valence-electron chi connectivity index (χ1n) is 5.46. The van der Waals surface area contributed by atoms with Crippen LogP contribution in [-0.4, -0.2) is 41.5 Å². The number of aliphatic carboxylic acids is 1. The van der Waals surface area contributed by atoms with Gasteiger partial charge in [-0.2, -0.15) is 0 Å². The van der Waals surface area contributed by atoms with Gasteiger partial charge in [0.15, 0.2) is 0 Å². The second-order valence-corrected chi connectivity index (χ2v) is 4.05. The lowest BCUT2D eigenvalue weighted by atomic mass is 10.0. The second kappa shape index (κ2) is 4.86. The molecule has 1 saturated heterocycles. The predicted molar refractivity (Wildman–Crippen MR) is 62.6 cm³/mol. The Morgan fingerprint density at radius 3 is 2.53 bits per heavy atom. The predicted octanol–water partition coefficient (Wildman–Crippen LogP) is 0.641. The van der Waals surface area contributed by atoms with Crippen molar-refractivity contribution in [3.8, 4) is 0 Å². The minimum Gasteiger partial charge on any atom is -0.481 e. The number of likely N-dealkylation sites (tertiary alicyclic amines) is 1. The molecule has 1 aliphatic heterocycles. The number of hydrogen-bond acceptors (Lipinski definition) is 3. The minimum atomic E-state index is -0.829. The third-order valence-corrected chi connectivity index (χ3v) is 2.80. The highest BCUT2D eigenvalue weighted by atomic mass is 16.4. The third-order valence-electron chi connectivity index (χ3n) is 2.80. The Kier molecular flexibility index (Phi) is 3.27. The number of carboxylic acid groups (broad SMARTS) is 1. The maximum Gasteiger partial charge on any atom is 0.310 e. The van der Waals surface area contributed by atoms with E-state index < -0.39 is 11.9 Å². The SMILES string of the molecule is O=C(O)C1CN(C(=O)CNc2ccccc2)C1. The summed E-state index contributed by atoms with van der Waals surface area (Å²) in [6, 6.07) is 9.43. The lowest BCUT2D eigenvalue weighted by Gasteiger charge is -2.36. The third kappa shape index (κ3) is 2.75. The van der Waals surface area contributed by atoms with Crippen molar-refractivity contribution in [3.05, 3.63) is 30.3 Å². The summed E-state index contributed by atoms with van der Waals surface area (Å²) in [6.07, 6.45) is 0. The van der Waals surface area contributed by atoms with E-state index in [2.05, 4.69) is 5.32 Å². The molecule has 0 aromatic heterocycles. The molecular weight excluding hydrogens is 220 g/mol. The minimum absolute atomic E-state index is 0.0636. The molecule has 0 unspecified atom stereocenters. The first kappa shape index (κ1) is 11.4. The second-order valence-electron chi connectivity index (χ2n) is 4.05. The summed E-state index contributed by atoms with van der Waals surface area (Å²) >= 11 is 0. The lowest BCUT2D eigenvalue weighted by molar-refractivity contribution is -0.152. The molecular formula is C12H14N2O3. The number of carbonyl (C=O) groups is 2. The maximum absolute atomic E-state index is 11.6. The molecule has 1 aromatic carbocycles. The molecule has 0 saturated carbocycles. The van der Waals surface area contributed by atoms with Crippen molar-refractivity contribution in [2.45, 2.75) is 0 Å². The summed E-state index contributed by atoms with van der Waals surface area (Å²) in [5, 5.41) is 11.7. The van der Waals surface area contributed by atoms with E-state index in [-0.39, 0.29) is 12.5 Å². The highest BCUT2D eigenvalue weighted by Gasteiger charge is 2.35. The van der Waals surface area contributed by atoms with Crippen LogP contribution in [0.5, 0.6) is 0 Å². The largest absolute Gasteiger partial charge is 0.481 e. The molecule has 1 heterocycles. The number of nitrogens with zero attached hydrogens (tertiary/aromatic N) is 1. The van der Waals surface area contributed by atoms with Gasteiger partial charge in [-0.3, -0.25) is 9.59 Å². The van der Waals surface area contributed by atoms with Gasteiger partial charge in [-0.15, -0.1) is 0 Å². The van der Waals surface area contributed by atoms with Gasteiger partial charge in [-0.05, 0) is 12.1 Å². The van der Waals surface area contributed by atoms with Gasteiger partial charge in [0.2, 0.25) is 5.91 Å². The number of carboxylic acids is 1. The maximum atomic E-state index is 11.6. The van der Waals surface area contributed by atoms with Crippen molar-refractivity contribution in [2.75, 3.05) is 25.0 Å². The van der Waals surface area contributed by atoms with Gasteiger partial charge in [-0.1, -0.05) is 18.2 Å². The Balaban J connectivity index is 1.74. The molecule has 1 fully saturated rings. The molecule has 1 amide bonds. The Morgan fingerprint density at radius 1 is 1.29 bits per heavy atom. The van der Waals surface area contributed by atoms with Crippen LogP contribution in [0.1, 0.15) is 0 Å². The normalized spacial score (nSPS) is 15.2. The van der Waals surface area contributed by atoms with E-state index in [0.29, 0.717) is 13.1 Å². The molecule has 5 nitrogen and oxygen atoms in total. The number of para-hydroxylation sites is 1. The van der Waals surface area contributed by atoms with E-state index >= 15 is 0 Å². The van der Waals surface area contributed by atoms with E-state index in [4.69, 9.17) is 5.11 Å². The summed E-state index contributed by atoms with van der Waals surface area (Å²) in [5.41, 5.74) is 0.885. The van der Waals surface area contributed by atoms with E-state index in [9.17, 15) is 9.59 Å². The van der Waals surface area contributed by atoms with Crippen LogP contribution >= 0.6 is 0 Å². The zero-order valence-corrected chi connectivity index (χ0v) is 9.30. The van der Waals surface area contributed by atoms with Crippen LogP contribution in [0.25, 0.3) is 0 Å². The van der Waals surface area contributed by atoms with Crippen molar-refractivity contribution < 1.29 is 14.7 Å². The van der Waals surface area contributed by atoms with Gasteiger partial charge >= 0.3 is 5.97 Å². The molecule has 1 aliphatic rings. The van der Waals surface area contributed by atoms with Crippen LogP contribution in [0.2, 0.25) is 0 Å². The van der Waals surface area contributed by atoms with Gasteiger partial charge in [0.25, 0.3) is 0 Å². The lowest BCUT2D eigenvalue weighted by Crippen LogP contribution is -2.54. The fourth-order valence-corrected chi connectivity index (χ4v) is 1.68. The van der Waals surface area contributed by atoms with Crippen LogP contribution < -0.4 is 5.32 Å². The van der Waals surface area contributed by atoms with Gasteiger partial charge in [0.05, 0.1) is 12.5 Å². The molecule has 90 valence electrons. The van der Waals surface area contributed by atoms with Crippen molar-refractivity contribution in [3.63, 3.8) is 0 Å². The molecule has 0 spiro atoms. The first-order valence-corrected chi connectivity index (χ1v) is 5.46. The van der Waals surface area contributed by atoms with E-state index in [0.717, 1.165) is 5.69 Å². The Bertz CT molecular complexity index is 413. The monoisotopic (exact) mass is 234 g/mol. The Hall–Kier alpha value is -2.04. The smallest absolute Gasteiger partial charge is 0.310 e. The number of rotatable bonds is 4. The van der Waals surface area contributed by atoms with Crippen molar-refractivity contribution in [1.29, 1.82) is 0 Å². The van der Waals surface area contributed by atoms with Gasteiger partial charge in [-0.25, -0.2) is 0 Å². The molecule has 5 heteroatoms. The number of hydrogen-bond donors (Lipinski definition) is 2. The van der Waals surface area contributed by atoms with Crippen molar-refractivity contribution in [2.24, 2.45) is 5.92 Å². The summed E-state index contributed by atoms with van der Waals surface area (Å²) in [7, 11) is 0. The van der Waals surface area contributed by atoms with Crippen molar-refractivity contribution in [1.82, 2.24) is 4.90 Å². The van der Waals surface area contributed by atoms with Crippen molar-refractivity contribution >= 4 is 17.6 Å². The number of nitrogens with one attached hydrogen (secondary N) is 1. The molecule has 0 bridgehead atoms. The van der Waals surface area contributed by atoms with E-state index in [1.807, 2.05) is 30.3 Å². The molecule has 0 atom stereocenters. The summed E-state index contributed by atoms with van der Waals surface area (Å²) in [6.45, 7) is 0.853. The molecule has 2 rings (SSSR count). The fourth-order valence-electron chi connectivity index (χ4n) is 1.68. The summed E-state index contributed by atoms with van der Waals surface area (Å²) < 4.78 is 0. The Morgan fingerprint density at radius 2 is 1.94 bits per heavy atom. The zero-order valence-electron chi connectivity index (χ0n) is 9.30. The van der Waals surface area contributed by atoms with Gasteiger partial charge < -0.3 is 15.3 Å². The van der Waals surface area contributed by atoms with E-state index in [1.54, 1.807) is 4.90 Å². The number of carbonyl (C=O) groups excluding carboxylic acids is 1. The highest BCUT2D eigenvalue weighted by Crippen LogP contribution is 2.15. The molecule has 0 radical (unpaired) electrons. The Labute approximate surface area is 99.0 Å². The van der Waals surface area contributed by atoms with Gasteiger partial charge in [0, 0.05) is 18.8 Å². The number of amides is 1. The standard InChI is InChI=1S/C12H14N2O3/c15-11(14-7-9(8-14)12(16)17)6-13-10-4-2-1-3-5-10/h1-5,9,13H,6-8H2,(H,16,17). The topological polar surface area (TPSA) is 69.6 Å². The number of benzene rings is 1.